The molecule has 0 aromatic carbocycles. The molecule has 0 bridgehead atoms. The standard InChI is InChI=1S/C5H3F7O2/c6-1(2(7)8)4(9,10)5(11,12)3(13)14/h1-2H,(H,13,14). The number of carbonyl (C=O) groups is 1. The normalized spacial score (nSPS) is 15.7. The molecule has 0 radical (unpaired) electrons. The second-order valence-electron chi connectivity index (χ2n) is 2.24. The summed E-state index contributed by atoms with van der Waals surface area (Å²) in [6, 6.07) is 0. The van der Waals surface area contributed by atoms with E-state index in [2.05, 4.69) is 0 Å². The van der Waals surface area contributed by atoms with Gasteiger partial charge in [-0.05, 0) is 0 Å². The third-order valence-electron chi connectivity index (χ3n) is 1.25. The molecule has 1 atom stereocenters. The van der Waals surface area contributed by atoms with Gasteiger partial charge in [0, 0.05) is 0 Å². The van der Waals surface area contributed by atoms with Crippen molar-refractivity contribution in [3.8, 4) is 0 Å². The number of halogens is 7. The summed E-state index contributed by atoms with van der Waals surface area (Å²) in [5, 5.41) is 7.57. The Labute approximate surface area is 72.3 Å². The number of hydrogen-bond acceptors (Lipinski definition) is 1. The molecule has 0 saturated carbocycles. The Morgan fingerprint density at radius 3 is 1.64 bits per heavy atom. The minimum absolute atomic E-state index is 3.37. The smallest absolute Gasteiger partial charge is 0.407 e. The van der Waals surface area contributed by atoms with Crippen LogP contribution in [0.5, 0.6) is 0 Å². The van der Waals surface area contributed by atoms with Gasteiger partial charge in [-0.2, -0.15) is 17.6 Å². The summed E-state index contributed by atoms with van der Waals surface area (Å²) in [6.45, 7) is 0. The highest BCUT2D eigenvalue weighted by atomic mass is 19.3. The predicted molar refractivity (Wildman–Crippen MR) is 28.4 cm³/mol. The van der Waals surface area contributed by atoms with E-state index in [1.165, 1.54) is 0 Å². The third kappa shape index (κ3) is 1.90. The van der Waals surface area contributed by atoms with Gasteiger partial charge in [-0.1, -0.05) is 0 Å². The van der Waals surface area contributed by atoms with Gasteiger partial charge in [0.1, 0.15) is 0 Å². The van der Waals surface area contributed by atoms with Gasteiger partial charge in [-0.25, -0.2) is 18.0 Å². The van der Waals surface area contributed by atoms with Gasteiger partial charge in [-0.3, -0.25) is 0 Å². The maximum atomic E-state index is 12.1. The molecule has 0 fully saturated rings. The fourth-order valence-corrected chi connectivity index (χ4v) is 0.474. The number of hydrogen-bond donors (Lipinski definition) is 1. The fraction of sp³-hybridized carbons (Fsp3) is 0.800. The van der Waals surface area contributed by atoms with Crippen molar-refractivity contribution < 1.29 is 40.6 Å². The molecule has 0 rings (SSSR count). The van der Waals surface area contributed by atoms with E-state index >= 15 is 0 Å². The lowest BCUT2D eigenvalue weighted by molar-refractivity contribution is -0.257. The monoisotopic (exact) mass is 228 g/mol. The quantitative estimate of drug-likeness (QED) is 0.746. The second kappa shape index (κ2) is 3.62. The molecule has 0 amide bonds. The van der Waals surface area contributed by atoms with Crippen molar-refractivity contribution in [3.05, 3.63) is 0 Å². The van der Waals surface area contributed by atoms with Crippen molar-refractivity contribution in [2.45, 2.75) is 24.4 Å². The Hall–Kier alpha value is -1.02. The van der Waals surface area contributed by atoms with Crippen molar-refractivity contribution in [2.75, 3.05) is 0 Å². The molecular formula is C5H3F7O2. The van der Waals surface area contributed by atoms with Crippen LogP contribution in [0.25, 0.3) is 0 Å². The van der Waals surface area contributed by atoms with Crippen LogP contribution in [0.4, 0.5) is 30.7 Å². The Bertz CT molecular complexity index is 226. The van der Waals surface area contributed by atoms with Crippen LogP contribution in [-0.2, 0) is 4.79 Å². The Balaban J connectivity index is 5.03. The SMILES string of the molecule is O=C(O)C(F)(F)C(F)(F)C(F)C(F)F. The second-order valence-corrected chi connectivity index (χ2v) is 2.24. The number of alkyl halides is 7. The predicted octanol–water partition coefficient (Wildman–Crippen LogP) is 1.94. The number of carboxylic acids is 1. The topological polar surface area (TPSA) is 37.3 Å². The molecule has 2 nitrogen and oxygen atoms in total. The van der Waals surface area contributed by atoms with Crippen LogP contribution in [0.3, 0.4) is 0 Å². The van der Waals surface area contributed by atoms with Crippen LogP contribution >= 0.6 is 0 Å². The van der Waals surface area contributed by atoms with Gasteiger partial charge >= 0.3 is 17.8 Å². The minimum atomic E-state index is -5.95. The average Bonchev–Trinajstić information content (AvgIpc) is 2.01. The molecule has 1 N–H and O–H groups in total. The molecule has 84 valence electrons. The molecule has 0 aromatic rings. The van der Waals surface area contributed by atoms with Crippen molar-refractivity contribution >= 4 is 5.97 Å². The van der Waals surface area contributed by atoms with Crippen molar-refractivity contribution in [3.63, 3.8) is 0 Å². The highest BCUT2D eigenvalue weighted by Gasteiger charge is 2.69. The van der Waals surface area contributed by atoms with Crippen LogP contribution in [-0.4, -0.2) is 35.5 Å². The number of carboxylic acid groups (broad SMARTS) is 1. The van der Waals surface area contributed by atoms with Crippen LogP contribution in [0.2, 0.25) is 0 Å². The lowest BCUT2D eigenvalue weighted by Crippen LogP contribution is -2.54. The van der Waals surface area contributed by atoms with E-state index in [4.69, 9.17) is 5.11 Å². The van der Waals surface area contributed by atoms with E-state index in [0.29, 0.717) is 0 Å². The molecule has 0 spiro atoms. The zero-order valence-electron chi connectivity index (χ0n) is 6.16. The van der Waals surface area contributed by atoms with Crippen molar-refractivity contribution in [2.24, 2.45) is 0 Å². The average molecular weight is 228 g/mol. The summed E-state index contributed by atoms with van der Waals surface area (Å²) in [4.78, 5) is 9.55. The summed E-state index contributed by atoms with van der Waals surface area (Å²) in [5.74, 6) is -15.2. The van der Waals surface area contributed by atoms with Gasteiger partial charge in [0.15, 0.2) is 0 Å². The lowest BCUT2D eigenvalue weighted by Gasteiger charge is -2.25. The minimum Gasteiger partial charge on any atom is -0.477 e. The van der Waals surface area contributed by atoms with Gasteiger partial charge in [-0.15, -0.1) is 0 Å². The Kier molecular flexibility index (Phi) is 3.35. The molecular weight excluding hydrogens is 225 g/mol. The Morgan fingerprint density at radius 2 is 1.43 bits per heavy atom. The van der Waals surface area contributed by atoms with E-state index < -0.39 is 30.4 Å². The van der Waals surface area contributed by atoms with Gasteiger partial charge in [0.05, 0.1) is 0 Å². The Morgan fingerprint density at radius 1 is 1.07 bits per heavy atom. The van der Waals surface area contributed by atoms with Gasteiger partial charge in [0.25, 0.3) is 6.43 Å². The zero-order chi connectivity index (χ0) is 11.7. The first-order valence-corrected chi connectivity index (χ1v) is 2.96. The molecule has 0 aliphatic rings. The molecule has 9 heteroatoms. The fourth-order valence-electron chi connectivity index (χ4n) is 0.474. The van der Waals surface area contributed by atoms with E-state index in [1.807, 2.05) is 0 Å². The van der Waals surface area contributed by atoms with Crippen molar-refractivity contribution in [1.82, 2.24) is 0 Å². The summed E-state index contributed by atoms with van der Waals surface area (Å²) in [6.07, 6.45) is -8.93. The van der Waals surface area contributed by atoms with Gasteiger partial charge < -0.3 is 5.11 Å². The number of rotatable bonds is 4. The zero-order valence-corrected chi connectivity index (χ0v) is 6.16. The van der Waals surface area contributed by atoms with Crippen molar-refractivity contribution in [1.29, 1.82) is 0 Å². The van der Waals surface area contributed by atoms with Crippen LogP contribution in [0.15, 0.2) is 0 Å². The van der Waals surface area contributed by atoms with E-state index in [0.717, 1.165) is 0 Å². The van der Waals surface area contributed by atoms with Crippen LogP contribution in [0, 0.1) is 0 Å². The first-order valence-electron chi connectivity index (χ1n) is 2.96. The molecule has 0 saturated heterocycles. The van der Waals surface area contributed by atoms with Crippen LogP contribution < -0.4 is 0 Å². The summed E-state index contributed by atoms with van der Waals surface area (Å²) < 4.78 is 82.8. The maximum Gasteiger partial charge on any atom is 0.407 e. The van der Waals surface area contributed by atoms with E-state index in [9.17, 15) is 35.5 Å². The summed E-state index contributed by atoms with van der Waals surface area (Å²) in [7, 11) is 0. The molecule has 1 unspecified atom stereocenters. The first-order chi connectivity index (χ1) is 6.05. The number of aliphatic carboxylic acids is 1. The molecule has 0 aromatic heterocycles. The molecule has 14 heavy (non-hydrogen) atoms. The van der Waals surface area contributed by atoms with Gasteiger partial charge in [0.2, 0.25) is 6.17 Å². The third-order valence-corrected chi connectivity index (χ3v) is 1.25. The van der Waals surface area contributed by atoms with E-state index in [1.54, 1.807) is 0 Å². The summed E-state index contributed by atoms with van der Waals surface area (Å²) in [5.41, 5.74) is 0. The summed E-state index contributed by atoms with van der Waals surface area (Å²) >= 11 is 0. The highest BCUT2D eigenvalue weighted by molar-refractivity contribution is 5.76. The largest absolute Gasteiger partial charge is 0.477 e. The molecule has 0 aliphatic heterocycles. The first kappa shape index (κ1) is 13.0. The molecule has 0 heterocycles. The van der Waals surface area contributed by atoms with Crippen LogP contribution in [0.1, 0.15) is 0 Å². The van der Waals surface area contributed by atoms with E-state index in [-0.39, 0.29) is 0 Å². The molecule has 0 aliphatic carbocycles. The lowest BCUT2D eigenvalue weighted by atomic mass is 10.1. The maximum absolute atomic E-state index is 12.1. The highest BCUT2D eigenvalue weighted by Crippen LogP contribution is 2.40.